The third-order valence-electron chi connectivity index (χ3n) is 6.02. The molecule has 0 aliphatic carbocycles. The Labute approximate surface area is 194 Å². The Morgan fingerprint density at radius 1 is 0.909 bits per heavy atom. The average Bonchev–Trinajstić information content (AvgIpc) is 2.87. The summed E-state index contributed by atoms with van der Waals surface area (Å²) in [5, 5.41) is 2.54. The SMILES string of the molecule is CN1CCN(c2cc(N3CCN(C(=O)CNC(=O)OCc4ccccc4)CC3)ncn2)CC1. The predicted molar refractivity (Wildman–Crippen MR) is 125 cm³/mol. The van der Waals surface area contributed by atoms with Crippen molar-refractivity contribution in [2.45, 2.75) is 6.61 Å². The number of hydrogen-bond donors (Lipinski definition) is 1. The quantitative estimate of drug-likeness (QED) is 0.687. The van der Waals surface area contributed by atoms with E-state index < -0.39 is 6.09 Å². The molecule has 0 unspecified atom stereocenters. The Morgan fingerprint density at radius 2 is 1.52 bits per heavy atom. The van der Waals surface area contributed by atoms with E-state index in [1.165, 1.54) is 0 Å². The van der Waals surface area contributed by atoms with Gasteiger partial charge in [0.15, 0.2) is 0 Å². The highest BCUT2D eigenvalue weighted by Crippen LogP contribution is 2.20. The van der Waals surface area contributed by atoms with Gasteiger partial charge in [0.1, 0.15) is 31.1 Å². The molecule has 176 valence electrons. The second kappa shape index (κ2) is 11.0. The number of likely N-dealkylation sites (N-methyl/N-ethyl adjacent to an activating group) is 1. The summed E-state index contributed by atoms with van der Waals surface area (Å²) in [4.78, 5) is 41.8. The van der Waals surface area contributed by atoms with Crippen LogP contribution in [0.1, 0.15) is 5.56 Å². The van der Waals surface area contributed by atoms with Crippen LogP contribution < -0.4 is 15.1 Å². The van der Waals surface area contributed by atoms with Gasteiger partial charge in [-0.05, 0) is 12.6 Å². The van der Waals surface area contributed by atoms with Gasteiger partial charge in [-0.2, -0.15) is 0 Å². The normalized spacial score (nSPS) is 17.1. The molecular weight excluding hydrogens is 422 g/mol. The van der Waals surface area contributed by atoms with Crippen molar-refractivity contribution < 1.29 is 14.3 Å². The van der Waals surface area contributed by atoms with Gasteiger partial charge < -0.3 is 29.7 Å². The van der Waals surface area contributed by atoms with Crippen molar-refractivity contribution in [3.8, 4) is 0 Å². The Morgan fingerprint density at radius 3 is 2.15 bits per heavy atom. The van der Waals surface area contributed by atoms with Crippen LogP contribution in [0.15, 0.2) is 42.7 Å². The molecule has 4 rings (SSSR count). The maximum atomic E-state index is 12.5. The van der Waals surface area contributed by atoms with Crippen LogP contribution in [0, 0.1) is 0 Å². The molecule has 0 saturated carbocycles. The standard InChI is InChI=1S/C23H31N7O3/c1-27-7-9-28(10-8-27)20-15-21(26-18-25-20)29-11-13-30(14-12-29)22(31)16-24-23(32)33-17-19-5-3-2-4-6-19/h2-6,15,18H,7-14,16-17H2,1H3,(H,24,32). The molecule has 2 fully saturated rings. The van der Waals surface area contributed by atoms with E-state index in [4.69, 9.17) is 4.74 Å². The molecule has 2 amide bonds. The van der Waals surface area contributed by atoms with Crippen molar-refractivity contribution in [2.24, 2.45) is 0 Å². The maximum Gasteiger partial charge on any atom is 0.407 e. The monoisotopic (exact) mass is 453 g/mol. The number of carbonyl (C=O) groups is 2. The third-order valence-corrected chi connectivity index (χ3v) is 6.02. The van der Waals surface area contributed by atoms with Crippen LogP contribution in [0.2, 0.25) is 0 Å². The largest absolute Gasteiger partial charge is 0.445 e. The lowest BCUT2D eigenvalue weighted by molar-refractivity contribution is -0.130. The molecular formula is C23H31N7O3. The van der Waals surface area contributed by atoms with Gasteiger partial charge in [-0.15, -0.1) is 0 Å². The van der Waals surface area contributed by atoms with Gasteiger partial charge in [0.2, 0.25) is 5.91 Å². The fourth-order valence-electron chi connectivity index (χ4n) is 3.94. The number of aromatic nitrogens is 2. The van der Waals surface area contributed by atoms with E-state index in [1.807, 2.05) is 36.4 Å². The highest BCUT2D eigenvalue weighted by atomic mass is 16.5. The summed E-state index contributed by atoms with van der Waals surface area (Å²) in [5.41, 5.74) is 0.899. The number of piperazine rings is 2. The highest BCUT2D eigenvalue weighted by Gasteiger charge is 2.23. The molecule has 2 saturated heterocycles. The van der Waals surface area contributed by atoms with Gasteiger partial charge in [-0.3, -0.25) is 4.79 Å². The zero-order valence-corrected chi connectivity index (χ0v) is 19.0. The van der Waals surface area contributed by atoms with Gasteiger partial charge in [0.05, 0.1) is 0 Å². The molecule has 33 heavy (non-hydrogen) atoms. The van der Waals surface area contributed by atoms with Crippen molar-refractivity contribution in [3.63, 3.8) is 0 Å². The first kappa shape index (κ1) is 22.8. The van der Waals surface area contributed by atoms with Crippen molar-refractivity contribution in [1.82, 2.24) is 25.1 Å². The molecule has 2 aliphatic heterocycles. The molecule has 0 spiro atoms. The second-order valence-corrected chi connectivity index (χ2v) is 8.31. The number of benzene rings is 1. The van der Waals surface area contributed by atoms with Crippen LogP contribution in [-0.4, -0.2) is 97.7 Å². The summed E-state index contributed by atoms with van der Waals surface area (Å²) in [6.45, 7) is 6.57. The summed E-state index contributed by atoms with van der Waals surface area (Å²) in [6, 6.07) is 11.5. The van der Waals surface area contributed by atoms with Crippen LogP contribution in [-0.2, 0) is 16.1 Å². The van der Waals surface area contributed by atoms with Gasteiger partial charge >= 0.3 is 6.09 Å². The lowest BCUT2D eigenvalue weighted by Crippen LogP contribution is -2.51. The average molecular weight is 454 g/mol. The van der Waals surface area contributed by atoms with Gasteiger partial charge in [-0.25, -0.2) is 14.8 Å². The molecule has 2 aromatic rings. The van der Waals surface area contributed by atoms with E-state index in [-0.39, 0.29) is 19.1 Å². The first-order chi connectivity index (χ1) is 16.1. The van der Waals surface area contributed by atoms with Crippen LogP contribution in [0.3, 0.4) is 0 Å². The third kappa shape index (κ3) is 6.32. The van der Waals surface area contributed by atoms with Crippen LogP contribution in [0.4, 0.5) is 16.4 Å². The van der Waals surface area contributed by atoms with Crippen LogP contribution in [0.25, 0.3) is 0 Å². The smallest absolute Gasteiger partial charge is 0.407 e. The minimum Gasteiger partial charge on any atom is -0.445 e. The summed E-state index contributed by atoms with van der Waals surface area (Å²) >= 11 is 0. The molecule has 2 aliphatic rings. The molecule has 0 atom stereocenters. The number of anilines is 2. The van der Waals surface area contributed by atoms with E-state index in [0.717, 1.165) is 43.4 Å². The molecule has 1 aromatic carbocycles. The van der Waals surface area contributed by atoms with E-state index in [1.54, 1.807) is 11.2 Å². The molecule has 3 heterocycles. The number of hydrogen-bond acceptors (Lipinski definition) is 8. The highest BCUT2D eigenvalue weighted by molar-refractivity contribution is 5.82. The fraction of sp³-hybridized carbons (Fsp3) is 0.478. The van der Waals surface area contributed by atoms with Gasteiger partial charge in [0, 0.05) is 58.4 Å². The second-order valence-electron chi connectivity index (χ2n) is 8.31. The fourth-order valence-corrected chi connectivity index (χ4v) is 3.94. The summed E-state index contributed by atoms with van der Waals surface area (Å²) < 4.78 is 5.16. The zero-order valence-electron chi connectivity index (χ0n) is 19.0. The first-order valence-electron chi connectivity index (χ1n) is 11.3. The number of amides is 2. The minimum absolute atomic E-state index is 0.0747. The van der Waals surface area contributed by atoms with Gasteiger partial charge in [-0.1, -0.05) is 30.3 Å². The Bertz CT molecular complexity index is 927. The summed E-state index contributed by atoms with van der Waals surface area (Å²) in [7, 11) is 2.13. The van der Waals surface area contributed by atoms with E-state index in [9.17, 15) is 9.59 Å². The molecule has 1 N–H and O–H groups in total. The lowest BCUT2D eigenvalue weighted by atomic mass is 10.2. The number of nitrogens with zero attached hydrogens (tertiary/aromatic N) is 6. The number of carbonyl (C=O) groups excluding carboxylic acids is 2. The predicted octanol–water partition coefficient (Wildman–Crippen LogP) is 0.803. The van der Waals surface area contributed by atoms with Crippen LogP contribution >= 0.6 is 0 Å². The minimum atomic E-state index is -0.594. The van der Waals surface area contributed by atoms with E-state index in [0.29, 0.717) is 26.2 Å². The lowest BCUT2D eigenvalue weighted by Gasteiger charge is -2.36. The maximum absolute atomic E-state index is 12.5. The molecule has 0 radical (unpaired) electrons. The van der Waals surface area contributed by atoms with Crippen molar-refractivity contribution in [1.29, 1.82) is 0 Å². The van der Waals surface area contributed by atoms with E-state index in [2.05, 4.69) is 37.0 Å². The van der Waals surface area contributed by atoms with Gasteiger partial charge in [0.25, 0.3) is 0 Å². The Hall–Kier alpha value is -3.40. The van der Waals surface area contributed by atoms with Crippen molar-refractivity contribution >= 4 is 23.6 Å². The zero-order chi connectivity index (χ0) is 23.0. The molecule has 10 nitrogen and oxygen atoms in total. The number of nitrogens with one attached hydrogen (secondary N) is 1. The summed E-state index contributed by atoms with van der Waals surface area (Å²) in [6.07, 6.45) is 1.02. The van der Waals surface area contributed by atoms with Crippen molar-refractivity contribution in [2.75, 3.05) is 75.8 Å². The van der Waals surface area contributed by atoms with Crippen molar-refractivity contribution in [3.05, 3.63) is 48.3 Å². The molecule has 1 aromatic heterocycles. The Kier molecular flexibility index (Phi) is 7.56. The number of alkyl carbamates (subject to hydrolysis) is 1. The first-order valence-corrected chi connectivity index (χ1v) is 11.3. The topological polar surface area (TPSA) is 94.1 Å². The summed E-state index contributed by atoms with van der Waals surface area (Å²) in [5.74, 6) is 1.71. The van der Waals surface area contributed by atoms with Crippen LogP contribution in [0.5, 0.6) is 0 Å². The molecule has 0 bridgehead atoms. The number of rotatable bonds is 6. The Balaban J connectivity index is 1.20. The van der Waals surface area contributed by atoms with E-state index >= 15 is 0 Å². The number of ether oxygens (including phenoxy) is 1. The molecule has 10 heteroatoms.